The van der Waals surface area contributed by atoms with Crippen LogP contribution >= 0.6 is 0 Å². The molecule has 0 spiro atoms. The maximum Gasteiger partial charge on any atom is -1.00 e. The van der Waals surface area contributed by atoms with Gasteiger partial charge < -0.3 is 37.2 Å². The van der Waals surface area contributed by atoms with Crippen LogP contribution in [0.15, 0.2) is 78.9 Å². The van der Waals surface area contributed by atoms with Crippen LogP contribution in [0.2, 0.25) is 0 Å². The number of fused-ring (bicyclic) bond motifs is 2. The van der Waals surface area contributed by atoms with E-state index >= 15 is 0 Å². The molecule has 0 unspecified atom stereocenters. The van der Waals surface area contributed by atoms with Crippen molar-refractivity contribution in [2.75, 3.05) is 0 Å². The van der Waals surface area contributed by atoms with Gasteiger partial charge in [0.05, 0.1) is 0 Å². The fraction of sp³-hybridized carbons (Fsp3) is 0.130. The summed E-state index contributed by atoms with van der Waals surface area (Å²) in [5, 5.41) is 4.80. The third-order valence-corrected chi connectivity index (χ3v) is 5.32. The molecule has 0 amide bonds. The van der Waals surface area contributed by atoms with E-state index in [2.05, 4.69) is 72.8 Å². The average molecular weight is 482 g/mol. The van der Waals surface area contributed by atoms with Crippen LogP contribution in [0.3, 0.4) is 0 Å². The Bertz CT molecular complexity index is 1090. The van der Waals surface area contributed by atoms with Gasteiger partial charge in [0.2, 0.25) is 0 Å². The zero-order valence-corrected chi connectivity index (χ0v) is 19.8. The topological polar surface area (TPSA) is 18.5 Å². The normalized spacial score (nSPS) is 10.6. The molecular formula is C23H19Cl3O2Ti. The van der Waals surface area contributed by atoms with E-state index in [-0.39, 0.29) is 37.2 Å². The van der Waals surface area contributed by atoms with Gasteiger partial charge in [-0.3, -0.25) is 0 Å². The molecule has 0 saturated carbocycles. The second-order valence-electron chi connectivity index (χ2n) is 6.79. The third-order valence-electron chi connectivity index (χ3n) is 4.55. The number of hydrogen-bond donors (Lipinski definition) is 0. The van der Waals surface area contributed by atoms with E-state index in [9.17, 15) is 0 Å². The molecule has 4 aromatic rings. The van der Waals surface area contributed by atoms with Crippen LogP contribution in [-0.2, 0) is 24.1 Å². The first-order valence-electron chi connectivity index (χ1n) is 8.63. The van der Waals surface area contributed by atoms with E-state index in [1.165, 1.54) is 27.1 Å². The van der Waals surface area contributed by atoms with Crippen molar-refractivity contribution in [2.24, 2.45) is 0 Å². The van der Waals surface area contributed by atoms with E-state index in [1.807, 2.05) is 19.9 Å². The van der Waals surface area contributed by atoms with Crippen molar-refractivity contribution in [3.05, 3.63) is 78.9 Å². The van der Waals surface area contributed by atoms with Gasteiger partial charge in [-0.25, -0.2) is 0 Å². The Morgan fingerprint density at radius 3 is 1.86 bits per heavy atom. The molecule has 2 nitrogen and oxygen atoms in total. The number of hydrogen-bond acceptors (Lipinski definition) is 2. The maximum atomic E-state index is 6.27. The molecule has 6 heteroatoms. The first-order valence-corrected chi connectivity index (χ1v) is 9.26. The van der Waals surface area contributed by atoms with Crippen molar-refractivity contribution in [3.8, 4) is 16.9 Å². The average Bonchev–Trinajstić information content (AvgIpc) is 2.67. The molecule has 0 bridgehead atoms. The predicted octanol–water partition coefficient (Wildman–Crippen LogP) is -2.73. The molecule has 4 rings (SSSR count). The van der Waals surface area contributed by atoms with E-state index in [4.69, 9.17) is 8.06 Å². The SMILES string of the molecule is CC(C)([O][Ti+3])Oc1ccc2ccccc2c1-c1cccc2ccccc12.[Cl-].[Cl-].[Cl-]. The second kappa shape index (κ2) is 10.7. The monoisotopic (exact) mass is 480 g/mol. The smallest absolute Gasteiger partial charge is 1.00 e. The molecule has 148 valence electrons. The van der Waals surface area contributed by atoms with Crippen LogP contribution in [0.1, 0.15) is 13.8 Å². The van der Waals surface area contributed by atoms with Crippen LogP contribution in [0, 0.1) is 0 Å². The summed E-state index contributed by atoms with van der Waals surface area (Å²) in [7, 11) is 0. The van der Waals surface area contributed by atoms with Crippen LogP contribution in [0.25, 0.3) is 32.7 Å². The summed E-state index contributed by atoms with van der Waals surface area (Å²) in [6, 6.07) is 27.4. The molecule has 0 atom stereocenters. The Kier molecular flexibility index (Phi) is 9.49. The summed E-state index contributed by atoms with van der Waals surface area (Å²) in [5.74, 6) is 0.119. The van der Waals surface area contributed by atoms with E-state index in [0.717, 1.165) is 11.3 Å². The fourth-order valence-corrected chi connectivity index (χ4v) is 3.41. The number of benzene rings is 4. The summed E-state index contributed by atoms with van der Waals surface area (Å²) in [4.78, 5) is 0. The molecule has 0 saturated heterocycles. The molecule has 4 aromatic carbocycles. The quantitative estimate of drug-likeness (QED) is 0.233. The number of rotatable bonds is 4. The minimum absolute atomic E-state index is 0. The van der Waals surface area contributed by atoms with Gasteiger partial charge in [-0.1, -0.05) is 0 Å². The van der Waals surface area contributed by atoms with Gasteiger partial charge in [0, 0.05) is 0 Å². The minimum Gasteiger partial charge on any atom is -1.00 e. The predicted molar refractivity (Wildman–Crippen MR) is 103 cm³/mol. The Morgan fingerprint density at radius 1 is 0.655 bits per heavy atom. The second-order valence-corrected chi connectivity index (χ2v) is 7.11. The molecule has 0 aliphatic heterocycles. The Hall–Kier alpha value is -1.26. The Labute approximate surface area is 202 Å². The van der Waals surface area contributed by atoms with Crippen molar-refractivity contribution in [1.29, 1.82) is 0 Å². The van der Waals surface area contributed by atoms with E-state index in [1.54, 1.807) is 20.8 Å². The van der Waals surface area contributed by atoms with Crippen molar-refractivity contribution >= 4 is 21.5 Å². The molecule has 0 radical (unpaired) electrons. The first kappa shape index (κ1) is 25.8. The first-order chi connectivity index (χ1) is 12.6. The molecule has 0 aliphatic rings. The Balaban J connectivity index is 0.00000140. The van der Waals surface area contributed by atoms with Gasteiger partial charge >= 0.3 is 166 Å². The van der Waals surface area contributed by atoms with Gasteiger partial charge in [-0.2, -0.15) is 0 Å². The van der Waals surface area contributed by atoms with Crippen molar-refractivity contribution in [1.82, 2.24) is 0 Å². The van der Waals surface area contributed by atoms with Gasteiger partial charge in [0.25, 0.3) is 0 Å². The maximum absolute atomic E-state index is 6.27. The summed E-state index contributed by atoms with van der Waals surface area (Å²) in [6.07, 6.45) is 0. The fourth-order valence-electron chi connectivity index (χ4n) is 3.34. The van der Waals surface area contributed by atoms with Gasteiger partial charge in [0.15, 0.2) is 0 Å². The van der Waals surface area contributed by atoms with Gasteiger partial charge in [0.1, 0.15) is 0 Å². The van der Waals surface area contributed by atoms with Crippen LogP contribution in [0.5, 0.6) is 5.75 Å². The zero-order chi connectivity index (χ0) is 18.1. The molecule has 29 heavy (non-hydrogen) atoms. The number of ether oxygens (including phenoxy) is 1. The molecular weight excluding hydrogens is 462 g/mol. The van der Waals surface area contributed by atoms with E-state index in [0.29, 0.717) is 0 Å². The van der Waals surface area contributed by atoms with Crippen LogP contribution in [0.4, 0.5) is 0 Å². The van der Waals surface area contributed by atoms with Gasteiger partial charge in [-0.05, 0) is 0 Å². The summed E-state index contributed by atoms with van der Waals surface area (Å²) in [6.45, 7) is 3.85. The van der Waals surface area contributed by atoms with Crippen LogP contribution in [-0.4, -0.2) is 5.79 Å². The molecule has 0 fully saturated rings. The van der Waals surface area contributed by atoms with Crippen molar-refractivity contribution in [3.63, 3.8) is 0 Å². The molecule has 0 heterocycles. The minimum atomic E-state index is -0.707. The molecule has 0 aromatic heterocycles. The van der Waals surface area contributed by atoms with Gasteiger partial charge in [-0.15, -0.1) is 0 Å². The van der Waals surface area contributed by atoms with Crippen molar-refractivity contribution in [2.45, 2.75) is 19.6 Å². The zero-order valence-electron chi connectivity index (χ0n) is 16.0. The summed E-state index contributed by atoms with van der Waals surface area (Å²) < 4.78 is 11.8. The summed E-state index contributed by atoms with van der Waals surface area (Å²) >= 11 is 1.67. The number of halogens is 3. The summed E-state index contributed by atoms with van der Waals surface area (Å²) in [5.41, 5.74) is 2.27. The largest absolute Gasteiger partial charge is 1.00 e. The molecule has 0 N–H and O–H groups in total. The Morgan fingerprint density at radius 2 is 1.21 bits per heavy atom. The molecule has 0 aliphatic carbocycles. The standard InChI is InChI=1S/C23H19O2.3ClH.Ti/c1-23(2,24)25-21-15-14-17-9-4-6-12-19(17)22(21)20-13-7-10-16-8-3-5-11-18(16)20;;;;/h3-15H,1-2H3;3*1H;/q-1;;;;+4/p-3. The van der Waals surface area contributed by atoms with E-state index < -0.39 is 5.79 Å². The third kappa shape index (κ3) is 5.27. The van der Waals surface area contributed by atoms with Crippen LogP contribution < -0.4 is 42.0 Å². The van der Waals surface area contributed by atoms with Crippen molar-refractivity contribution < 1.29 is 66.1 Å².